The molecule has 0 N–H and O–H groups in total. The zero-order chi connectivity index (χ0) is 12.3. The van der Waals surface area contributed by atoms with E-state index in [1.54, 1.807) is 12.3 Å². The highest BCUT2D eigenvalue weighted by molar-refractivity contribution is 6.34. The Morgan fingerprint density at radius 3 is 2.41 bits per heavy atom. The van der Waals surface area contributed by atoms with E-state index < -0.39 is 0 Å². The second-order valence-electron chi connectivity index (χ2n) is 3.45. The predicted octanol–water partition coefficient (Wildman–Crippen LogP) is 3.19. The summed E-state index contributed by atoms with van der Waals surface area (Å²) in [5.41, 5.74) is 1.39. The Kier molecular flexibility index (Phi) is 3.86. The second kappa shape index (κ2) is 5.38. The summed E-state index contributed by atoms with van der Waals surface area (Å²) in [6.07, 6.45) is 4.76. The zero-order valence-electron chi connectivity index (χ0n) is 9.19. The van der Waals surface area contributed by atoms with Crippen molar-refractivity contribution in [2.24, 2.45) is 0 Å². The molecule has 0 unspecified atom stereocenters. The van der Waals surface area contributed by atoms with Crippen molar-refractivity contribution in [3.63, 3.8) is 0 Å². The van der Waals surface area contributed by atoms with Gasteiger partial charge in [-0.2, -0.15) is 0 Å². The van der Waals surface area contributed by atoms with Crippen LogP contribution >= 0.6 is 23.2 Å². The lowest BCUT2D eigenvalue weighted by Crippen LogP contribution is -1.98. The molecule has 0 saturated carbocycles. The molecule has 0 fully saturated rings. The summed E-state index contributed by atoms with van der Waals surface area (Å²) in [6, 6.07) is 1.71. The zero-order valence-corrected chi connectivity index (χ0v) is 10.7. The molecule has 2 aromatic rings. The summed E-state index contributed by atoms with van der Waals surface area (Å²) in [6.45, 7) is 2.05. The maximum absolute atomic E-state index is 6.08. The highest BCUT2D eigenvalue weighted by atomic mass is 35.5. The average Bonchev–Trinajstić information content (AvgIpc) is 2.35. The predicted molar refractivity (Wildman–Crippen MR) is 67.1 cm³/mol. The van der Waals surface area contributed by atoms with E-state index >= 15 is 0 Å². The number of rotatable bonds is 3. The number of hydrogen-bond donors (Lipinski definition) is 0. The summed E-state index contributed by atoms with van der Waals surface area (Å²) >= 11 is 12.2. The quantitative estimate of drug-likeness (QED) is 0.803. The molecule has 0 aliphatic carbocycles. The third-order valence-corrected chi connectivity index (χ3v) is 2.84. The molecule has 0 aliphatic rings. The van der Waals surface area contributed by atoms with Crippen molar-refractivity contribution < 1.29 is 0 Å². The van der Waals surface area contributed by atoms with Crippen molar-refractivity contribution in [3.05, 3.63) is 34.5 Å². The van der Waals surface area contributed by atoms with Crippen LogP contribution in [0.2, 0.25) is 10.3 Å². The van der Waals surface area contributed by atoms with Gasteiger partial charge in [0, 0.05) is 11.8 Å². The van der Waals surface area contributed by atoms with Gasteiger partial charge in [0.25, 0.3) is 0 Å². The van der Waals surface area contributed by atoms with Crippen LogP contribution in [0.1, 0.15) is 18.9 Å². The molecular weight excluding hydrogens is 259 g/mol. The highest BCUT2D eigenvalue weighted by Crippen LogP contribution is 2.25. The first-order chi connectivity index (χ1) is 8.22. The van der Waals surface area contributed by atoms with Gasteiger partial charge in [-0.3, -0.25) is 0 Å². The van der Waals surface area contributed by atoms with Crippen molar-refractivity contribution in [2.75, 3.05) is 0 Å². The molecule has 0 spiro atoms. The maximum atomic E-state index is 6.08. The van der Waals surface area contributed by atoms with Gasteiger partial charge in [0.1, 0.15) is 22.3 Å². The first-order valence-corrected chi connectivity index (χ1v) is 5.96. The molecule has 0 saturated heterocycles. The molecule has 4 nitrogen and oxygen atoms in total. The molecule has 17 heavy (non-hydrogen) atoms. The van der Waals surface area contributed by atoms with Crippen LogP contribution in [0.5, 0.6) is 0 Å². The third kappa shape index (κ3) is 2.70. The van der Waals surface area contributed by atoms with Gasteiger partial charge in [0.05, 0.1) is 0 Å². The van der Waals surface area contributed by atoms with Crippen LogP contribution in [0.25, 0.3) is 11.5 Å². The summed E-state index contributed by atoms with van der Waals surface area (Å²) in [7, 11) is 0. The summed E-state index contributed by atoms with van der Waals surface area (Å²) in [4.78, 5) is 16.3. The molecule has 0 amide bonds. The fourth-order valence-corrected chi connectivity index (χ4v) is 2.00. The Morgan fingerprint density at radius 2 is 1.88 bits per heavy atom. The molecule has 6 heteroatoms. The van der Waals surface area contributed by atoms with Gasteiger partial charge in [-0.05, 0) is 12.5 Å². The Labute approximate surface area is 109 Å². The first kappa shape index (κ1) is 12.2. The SMILES string of the molecule is CCCc1c(Cl)nc(-c2ccncn2)nc1Cl. The fraction of sp³-hybridized carbons (Fsp3) is 0.273. The van der Waals surface area contributed by atoms with E-state index in [4.69, 9.17) is 23.2 Å². The maximum Gasteiger partial charge on any atom is 0.181 e. The van der Waals surface area contributed by atoms with Crippen molar-refractivity contribution in [1.29, 1.82) is 0 Å². The number of hydrogen-bond acceptors (Lipinski definition) is 4. The minimum Gasteiger partial charge on any atom is -0.245 e. The molecular formula is C11H10Cl2N4. The van der Waals surface area contributed by atoms with Gasteiger partial charge >= 0.3 is 0 Å². The fourth-order valence-electron chi connectivity index (χ4n) is 1.42. The van der Waals surface area contributed by atoms with Crippen molar-refractivity contribution in [3.8, 4) is 11.5 Å². The third-order valence-electron chi connectivity index (χ3n) is 2.22. The Bertz CT molecular complexity index is 493. The minimum absolute atomic E-state index is 0.389. The standard InChI is InChI=1S/C11H10Cl2N4/c1-2-3-7-9(12)16-11(17-10(7)13)8-4-5-14-6-15-8/h4-6H,2-3H2,1H3. The van der Waals surface area contributed by atoms with Crippen LogP contribution in [0.15, 0.2) is 18.6 Å². The Morgan fingerprint density at radius 1 is 1.18 bits per heavy atom. The van der Waals surface area contributed by atoms with E-state index in [9.17, 15) is 0 Å². The molecule has 88 valence electrons. The van der Waals surface area contributed by atoms with E-state index in [0.717, 1.165) is 18.4 Å². The molecule has 0 radical (unpaired) electrons. The van der Waals surface area contributed by atoms with Gasteiger partial charge in [0.2, 0.25) is 0 Å². The van der Waals surface area contributed by atoms with Crippen LogP contribution < -0.4 is 0 Å². The summed E-state index contributed by atoms with van der Waals surface area (Å²) in [5.74, 6) is 0.419. The second-order valence-corrected chi connectivity index (χ2v) is 4.17. The van der Waals surface area contributed by atoms with E-state index in [-0.39, 0.29) is 0 Å². The van der Waals surface area contributed by atoms with Gasteiger partial charge in [-0.15, -0.1) is 0 Å². The number of halogens is 2. The van der Waals surface area contributed by atoms with E-state index in [2.05, 4.69) is 19.9 Å². The monoisotopic (exact) mass is 268 g/mol. The smallest absolute Gasteiger partial charge is 0.181 e. The van der Waals surface area contributed by atoms with Gasteiger partial charge < -0.3 is 0 Å². The summed E-state index contributed by atoms with van der Waals surface area (Å²) < 4.78 is 0. The molecule has 0 aliphatic heterocycles. The molecule has 2 rings (SSSR count). The molecule has 2 heterocycles. The van der Waals surface area contributed by atoms with E-state index in [1.165, 1.54) is 6.33 Å². The normalized spacial score (nSPS) is 10.5. The van der Waals surface area contributed by atoms with Gasteiger partial charge in [-0.1, -0.05) is 36.5 Å². The largest absolute Gasteiger partial charge is 0.245 e. The molecule has 0 bridgehead atoms. The van der Waals surface area contributed by atoms with Crippen molar-refractivity contribution >= 4 is 23.2 Å². The van der Waals surface area contributed by atoms with E-state index in [1.807, 2.05) is 6.92 Å². The average molecular weight is 269 g/mol. The lowest BCUT2D eigenvalue weighted by atomic mass is 10.2. The van der Waals surface area contributed by atoms with Crippen LogP contribution in [-0.2, 0) is 6.42 Å². The van der Waals surface area contributed by atoms with Crippen LogP contribution in [0.3, 0.4) is 0 Å². The van der Waals surface area contributed by atoms with Crippen LogP contribution in [-0.4, -0.2) is 19.9 Å². The van der Waals surface area contributed by atoms with Crippen LogP contribution in [0.4, 0.5) is 0 Å². The first-order valence-electron chi connectivity index (χ1n) is 5.20. The lowest BCUT2D eigenvalue weighted by molar-refractivity contribution is 0.901. The molecule has 2 aromatic heterocycles. The van der Waals surface area contributed by atoms with Crippen molar-refractivity contribution in [1.82, 2.24) is 19.9 Å². The van der Waals surface area contributed by atoms with Gasteiger partial charge in [0.15, 0.2) is 5.82 Å². The molecule has 0 aromatic carbocycles. The Balaban J connectivity index is 2.46. The van der Waals surface area contributed by atoms with Crippen LogP contribution in [0, 0.1) is 0 Å². The van der Waals surface area contributed by atoms with Gasteiger partial charge in [-0.25, -0.2) is 19.9 Å². The topological polar surface area (TPSA) is 51.6 Å². The molecule has 0 atom stereocenters. The Hall–Kier alpha value is -1.26. The summed E-state index contributed by atoms with van der Waals surface area (Å²) in [5, 5.41) is 0.779. The van der Waals surface area contributed by atoms with Crippen molar-refractivity contribution in [2.45, 2.75) is 19.8 Å². The minimum atomic E-state index is 0.389. The highest BCUT2D eigenvalue weighted by Gasteiger charge is 2.12. The number of nitrogens with zero attached hydrogens (tertiary/aromatic N) is 4. The van der Waals surface area contributed by atoms with E-state index in [0.29, 0.717) is 21.8 Å². The number of aromatic nitrogens is 4. The lowest BCUT2D eigenvalue weighted by Gasteiger charge is -2.06.